The first-order valence-corrected chi connectivity index (χ1v) is 9.56. The number of rotatable bonds is 8. The van der Waals surface area contributed by atoms with E-state index in [1.165, 1.54) is 18.9 Å². The zero-order chi connectivity index (χ0) is 20.0. The highest BCUT2D eigenvalue weighted by molar-refractivity contribution is 5.73. The SMILES string of the molecule is O=C(NCCOCC1CC1)NCc1ccc(N2CCOCC2)cc1C(F)(F)F. The molecule has 2 fully saturated rings. The number of carbonyl (C=O) groups is 1. The van der Waals surface area contributed by atoms with E-state index in [1.54, 1.807) is 6.07 Å². The Hall–Kier alpha value is -2.00. The number of amides is 2. The standard InChI is InChI=1S/C19H26F3N3O3/c20-19(21,22)17-11-16(25-6-9-27-10-7-25)4-3-15(17)12-24-18(26)23-5-8-28-13-14-1-2-14/h3-4,11,14H,1-2,5-10,12-13H2,(H2,23,24,26). The topological polar surface area (TPSA) is 62.8 Å². The van der Waals surface area contributed by atoms with E-state index in [0.29, 0.717) is 57.7 Å². The van der Waals surface area contributed by atoms with Crippen molar-refractivity contribution in [3.8, 4) is 0 Å². The molecule has 9 heteroatoms. The highest BCUT2D eigenvalue weighted by Gasteiger charge is 2.34. The number of alkyl halides is 3. The van der Waals surface area contributed by atoms with Crippen molar-refractivity contribution in [1.29, 1.82) is 0 Å². The average Bonchev–Trinajstić information content (AvgIpc) is 3.50. The minimum absolute atomic E-state index is 0.0321. The van der Waals surface area contributed by atoms with Gasteiger partial charge in [0, 0.05) is 38.5 Å². The fourth-order valence-corrected chi connectivity index (χ4v) is 3.01. The molecule has 2 amide bonds. The molecule has 2 aliphatic rings. The van der Waals surface area contributed by atoms with Gasteiger partial charge in [0.05, 0.1) is 25.4 Å². The summed E-state index contributed by atoms with van der Waals surface area (Å²) in [4.78, 5) is 13.7. The van der Waals surface area contributed by atoms with Crippen LogP contribution in [0, 0.1) is 5.92 Å². The molecule has 2 N–H and O–H groups in total. The predicted molar refractivity (Wildman–Crippen MR) is 98.3 cm³/mol. The molecular weight excluding hydrogens is 375 g/mol. The maximum Gasteiger partial charge on any atom is 0.416 e. The van der Waals surface area contributed by atoms with Crippen molar-refractivity contribution in [1.82, 2.24) is 10.6 Å². The lowest BCUT2D eigenvalue weighted by atomic mass is 10.1. The molecule has 1 aliphatic carbocycles. The lowest BCUT2D eigenvalue weighted by molar-refractivity contribution is -0.138. The number of benzene rings is 1. The van der Waals surface area contributed by atoms with Gasteiger partial charge in [-0.25, -0.2) is 4.79 Å². The summed E-state index contributed by atoms with van der Waals surface area (Å²) in [5.41, 5.74) is -0.189. The first-order chi connectivity index (χ1) is 13.4. The number of anilines is 1. The van der Waals surface area contributed by atoms with Gasteiger partial charge >= 0.3 is 12.2 Å². The van der Waals surface area contributed by atoms with E-state index >= 15 is 0 Å². The molecule has 1 heterocycles. The maximum absolute atomic E-state index is 13.5. The number of nitrogens with zero attached hydrogens (tertiary/aromatic N) is 1. The first-order valence-electron chi connectivity index (χ1n) is 9.56. The number of nitrogens with one attached hydrogen (secondary N) is 2. The Labute approximate surface area is 162 Å². The number of hydrogen-bond acceptors (Lipinski definition) is 4. The van der Waals surface area contributed by atoms with E-state index in [0.717, 1.165) is 6.07 Å². The first kappa shape index (κ1) is 20.7. The fourth-order valence-electron chi connectivity index (χ4n) is 3.01. The monoisotopic (exact) mass is 401 g/mol. The highest BCUT2D eigenvalue weighted by atomic mass is 19.4. The van der Waals surface area contributed by atoms with Gasteiger partial charge in [0.25, 0.3) is 0 Å². The van der Waals surface area contributed by atoms with Gasteiger partial charge in [-0.2, -0.15) is 13.2 Å². The molecule has 0 unspecified atom stereocenters. The van der Waals surface area contributed by atoms with Crippen LogP contribution in [0.15, 0.2) is 18.2 Å². The number of urea groups is 1. The van der Waals surface area contributed by atoms with Crippen molar-refractivity contribution >= 4 is 11.7 Å². The Bertz CT molecular complexity index is 660. The second-order valence-electron chi connectivity index (χ2n) is 7.07. The van der Waals surface area contributed by atoms with Gasteiger partial charge < -0.3 is 25.0 Å². The Kier molecular flexibility index (Phi) is 7.01. The largest absolute Gasteiger partial charge is 0.416 e. The second-order valence-corrected chi connectivity index (χ2v) is 7.07. The van der Waals surface area contributed by atoms with Crippen LogP contribution in [0.1, 0.15) is 24.0 Å². The molecule has 0 atom stereocenters. The Balaban J connectivity index is 1.52. The normalized spacial score (nSPS) is 17.5. The van der Waals surface area contributed by atoms with Crippen molar-refractivity contribution in [2.24, 2.45) is 5.92 Å². The molecule has 3 rings (SSSR count). The van der Waals surface area contributed by atoms with Gasteiger partial charge in [-0.3, -0.25) is 0 Å². The molecule has 0 radical (unpaired) electrons. The summed E-state index contributed by atoms with van der Waals surface area (Å²) in [5, 5.41) is 5.07. The molecular formula is C19H26F3N3O3. The van der Waals surface area contributed by atoms with E-state index in [4.69, 9.17) is 9.47 Å². The van der Waals surface area contributed by atoms with Crippen molar-refractivity contribution in [2.75, 3.05) is 51.0 Å². The van der Waals surface area contributed by atoms with Crippen molar-refractivity contribution in [2.45, 2.75) is 25.6 Å². The molecule has 1 aliphatic heterocycles. The quantitative estimate of drug-likeness (QED) is 0.658. The van der Waals surface area contributed by atoms with Gasteiger partial charge in [-0.1, -0.05) is 6.07 Å². The van der Waals surface area contributed by atoms with Crippen LogP contribution in [0.2, 0.25) is 0 Å². The lowest BCUT2D eigenvalue weighted by Crippen LogP contribution is -2.37. The van der Waals surface area contributed by atoms with Crippen molar-refractivity contribution in [3.05, 3.63) is 29.3 Å². The maximum atomic E-state index is 13.5. The van der Waals surface area contributed by atoms with Crippen LogP contribution in [0.25, 0.3) is 0 Å². The molecule has 6 nitrogen and oxygen atoms in total. The lowest BCUT2D eigenvalue weighted by Gasteiger charge is -2.29. The predicted octanol–water partition coefficient (Wildman–Crippen LogP) is 2.77. The van der Waals surface area contributed by atoms with Crippen molar-refractivity contribution < 1.29 is 27.4 Å². The average molecular weight is 401 g/mol. The second kappa shape index (κ2) is 9.47. The fraction of sp³-hybridized carbons (Fsp3) is 0.632. The van der Waals surface area contributed by atoms with Crippen LogP contribution in [-0.2, 0) is 22.2 Å². The van der Waals surface area contributed by atoms with E-state index in [1.807, 2.05) is 4.90 Å². The highest BCUT2D eigenvalue weighted by Crippen LogP contribution is 2.35. The Morgan fingerprint density at radius 2 is 1.96 bits per heavy atom. The molecule has 0 bridgehead atoms. The molecule has 1 aromatic carbocycles. The number of carbonyl (C=O) groups excluding carboxylic acids is 1. The van der Waals surface area contributed by atoms with Crippen LogP contribution in [0.3, 0.4) is 0 Å². The Morgan fingerprint density at radius 3 is 2.64 bits per heavy atom. The third kappa shape index (κ3) is 6.27. The molecule has 1 aromatic rings. The van der Waals surface area contributed by atoms with Gasteiger partial charge in [0.15, 0.2) is 0 Å². The van der Waals surface area contributed by atoms with Crippen LogP contribution in [-0.4, -0.2) is 52.1 Å². The van der Waals surface area contributed by atoms with Gasteiger partial charge in [-0.15, -0.1) is 0 Å². The van der Waals surface area contributed by atoms with Crippen LogP contribution in [0.4, 0.5) is 23.7 Å². The van der Waals surface area contributed by atoms with Gasteiger partial charge in [0.2, 0.25) is 0 Å². The van der Waals surface area contributed by atoms with E-state index in [9.17, 15) is 18.0 Å². The van der Waals surface area contributed by atoms with Crippen LogP contribution in [0.5, 0.6) is 0 Å². The summed E-state index contributed by atoms with van der Waals surface area (Å²) in [5.74, 6) is 0.648. The summed E-state index contributed by atoms with van der Waals surface area (Å²) in [6.07, 6.45) is -2.11. The van der Waals surface area contributed by atoms with Crippen LogP contribution < -0.4 is 15.5 Å². The molecule has 0 aromatic heterocycles. The van der Waals surface area contributed by atoms with Crippen molar-refractivity contribution in [3.63, 3.8) is 0 Å². The summed E-state index contributed by atoms with van der Waals surface area (Å²) in [6.45, 7) is 3.32. The zero-order valence-corrected chi connectivity index (χ0v) is 15.7. The third-order valence-electron chi connectivity index (χ3n) is 4.80. The van der Waals surface area contributed by atoms with Gasteiger partial charge in [0.1, 0.15) is 0 Å². The zero-order valence-electron chi connectivity index (χ0n) is 15.7. The molecule has 1 saturated heterocycles. The number of morpholine rings is 1. The third-order valence-corrected chi connectivity index (χ3v) is 4.80. The molecule has 156 valence electrons. The number of ether oxygens (including phenoxy) is 2. The van der Waals surface area contributed by atoms with E-state index in [-0.39, 0.29) is 12.1 Å². The smallest absolute Gasteiger partial charge is 0.379 e. The molecule has 28 heavy (non-hydrogen) atoms. The minimum Gasteiger partial charge on any atom is -0.379 e. The summed E-state index contributed by atoms with van der Waals surface area (Å²) < 4.78 is 51.1. The van der Waals surface area contributed by atoms with E-state index in [2.05, 4.69) is 10.6 Å². The summed E-state index contributed by atoms with van der Waals surface area (Å²) in [7, 11) is 0. The number of hydrogen-bond donors (Lipinski definition) is 2. The summed E-state index contributed by atoms with van der Waals surface area (Å²) >= 11 is 0. The van der Waals surface area contributed by atoms with E-state index < -0.39 is 17.8 Å². The van der Waals surface area contributed by atoms with Crippen LogP contribution >= 0.6 is 0 Å². The summed E-state index contributed by atoms with van der Waals surface area (Å²) in [6, 6.07) is 3.71. The molecule has 0 spiro atoms. The Morgan fingerprint density at radius 1 is 1.21 bits per heavy atom. The number of halogens is 3. The minimum atomic E-state index is -4.49. The van der Waals surface area contributed by atoms with Gasteiger partial charge in [-0.05, 0) is 36.5 Å². The molecule has 1 saturated carbocycles.